The largest absolute Gasteiger partial charge is 0.480 e. The maximum absolute atomic E-state index is 14.6. The number of fused-ring (bicyclic) bond motifs is 3. The van der Waals surface area contributed by atoms with Crippen molar-refractivity contribution < 1.29 is 28.6 Å². The van der Waals surface area contributed by atoms with Crippen molar-refractivity contribution in [2.24, 2.45) is 0 Å². The van der Waals surface area contributed by atoms with E-state index in [0.717, 1.165) is 33.2 Å². The van der Waals surface area contributed by atoms with Crippen LogP contribution in [0.15, 0.2) is 79.4 Å². The zero-order valence-corrected chi connectivity index (χ0v) is 18.7. The molecule has 3 aromatic carbocycles. The third-order valence-electron chi connectivity index (χ3n) is 5.76. The van der Waals surface area contributed by atoms with E-state index in [4.69, 9.17) is 9.84 Å². The first-order valence-electron chi connectivity index (χ1n) is 10.9. The van der Waals surface area contributed by atoms with Crippen LogP contribution in [0.25, 0.3) is 11.1 Å². The molecule has 35 heavy (non-hydrogen) atoms. The molecule has 8 heteroatoms. The van der Waals surface area contributed by atoms with Gasteiger partial charge in [-0.1, -0.05) is 54.6 Å². The number of hydrogen-bond acceptors (Lipinski definition) is 4. The van der Waals surface area contributed by atoms with Crippen LogP contribution in [0.4, 0.5) is 14.9 Å². The van der Waals surface area contributed by atoms with Gasteiger partial charge in [-0.2, -0.15) is 0 Å². The number of ether oxygens (including phenoxy) is 1. The second-order valence-electron chi connectivity index (χ2n) is 8.01. The summed E-state index contributed by atoms with van der Waals surface area (Å²) >= 11 is 0. The molecular formula is C27H23FN2O5. The lowest BCUT2D eigenvalue weighted by Crippen LogP contribution is -2.35. The molecule has 1 aliphatic carbocycles. The van der Waals surface area contributed by atoms with Gasteiger partial charge in [0.25, 0.3) is 5.91 Å². The number of nitrogens with zero attached hydrogens (tertiary/aromatic N) is 1. The SMILES string of the molecule is C=CCN(CC(=O)O)C(=O)c1ccc(NC(=O)OCC2c3ccccc3-c3ccccc32)c(F)c1. The smallest absolute Gasteiger partial charge is 0.411 e. The normalized spacial score (nSPS) is 11.8. The van der Waals surface area contributed by atoms with Gasteiger partial charge in [0.1, 0.15) is 19.0 Å². The van der Waals surface area contributed by atoms with Crippen molar-refractivity contribution in [1.29, 1.82) is 0 Å². The zero-order valence-electron chi connectivity index (χ0n) is 18.7. The van der Waals surface area contributed by atoms with Crippen LogP contribution in [0.3, 0.4) is 0 Å². The van der Waals surface area contributed by atoms with E-state index in [2.05, 4.69) is 11.9 Å². The van der Waals surface area contributed by atoms with Crippen LogP contribution in [0.5, 0.6) is 0 Å². The molecule has 2 N–H and O–H groups in total. The maximum atomic E-state index is 14.6. The Morgan fingerprint density at radius 1 is 1.03 bits per heavy atom. The van der Waals surface area contributed by atoms with Gasteiger partial charge in [-0.25, -0.2) is 9.18 Å². The van der Waals surface area contributed by atoms with Crippen molar-refractivity contribution >= 4 is 23.7 Å². The Kier molecular flexibility index (Phi) is 6.91. The van der Waals surface area contributed by atoms with Crippen LogP contribution in [0.1, 0.15) is 27.4 Å². The van der Waals surface area contributed by atoms with Crippen molar-refractivity contribution in [3.8, 4) is 11.1 Å². The maximum Gasteiger partial charge on any atom is 0.411 e. The summed E-state index contributed by atoms with van der Waals surface area (Å²) < 4.78 is 20.1. The summed E-state index contributed by atoms with van der Waals surface area (Å²) in [4.78, 5) is 37.0. The molecule has 0 atom stereocenters. The fourth-order valence-corrected chi connectivity index (χ4v) is 4.21. The van der Waals surface area contributed by atoms with Crippen molar-refractivity contribution in [2.75, 3.05) is 25.0 Å². The molecular weight excluding hydrogens is 451 g/mol. The third kappa shape index (κ3) is 5.06. The molecule has 3 aromatic rings. The number of rotatable bonds is 8. The minimum absolute atomic E-state index is 0.00744. The summed E-state index contributed by atoms with van der Waals surface area (Å²) in [6, 6.07) is 19.3. The molecule has 2 amide bonds. The number of halogens is 1. The van der Waals surface area contributed by atoms with E-state index >= 15 is 0 Å². The van der Waals surface area contributed by atoms with Crippen molar-refractivity contribution in [3.63, 3.8) is 0 Å². The fourth-order valence-electron chi connectivity index (χ4n) is 4.21. The van der Waals surface area contributed by atoms with Crippen LogP contribution in [0, 0.1) is 5.82 Å². The average Bonchev–Trinajstić information content (AvgIpc) is 3.17. The van der Waals surface area contributed by atoms with Gasteiger partial charge < -0.3 is 14.7 Å². The Bertz CT molecular complexity index is 1260. The van der Waals surface area contributed by atoms with E-state index in [1.54, 1.807) is 0 Å². The minimum Gasteiger partial charge on any atom is -0.480 e. The number of carbonyl (C=O) groups excluding carboxylic acids is 2. The molecule has 0 radical (unpaired) electrons. The first-order chi connectivity index (χ1) is 16.9. The van der Waals surface area contributed by atoms with Crippen LogP contribution >= 0.6 is 0 Å². The van der Waals surface area contributed by atoms with Gasteiger partial charge in [0.05, 0.1) is 5.69 Å². The summed E-state index contributed by atoms with van der Waals surface area (Å²) in [5, 5.41) is 11.3. The predicted molar refractivity (Wildman–Crippen MR) is 129 cm³/mol. The third-order valence-corrected chi connectivity index (χ3v) is 5.76. The van der Waals surface area contributed by atoms with E-state index in [0.29, 0.717) is 0 Å². The highest BCUT2D eigenvalue weighted by molar-refractivity contribution is 5.96. The molecule has 178 valence electrons. The molecule has 0 aromatic heterocycles. The number of benzene rings is 3. The monoisotopic (exact) mass is 474 g/mol. The Hall–Kier alpha value is -4.46. The summed E-state index contributed by atoms with van der Waals surface area (Å²) in [5.74, 6) is -2.85. The van der Waals surface area contributed by atoms with E-state index in [1.165, 1.54) is 18.2 Å². The summed E-state index contributed by atoms with van der Waals surface area (Å²) in [7, 11) is 0. The quantitative estimate of drug-likeness (QED) is 0.453. The van der Waals surface area contributed by atoms with Crippen LogP contribution in [0.2, 0.25) is 0 Å². The number of amides is 2. The summed E-state index contributed by atoms with van der Waals surface area (Å²) in [6.45, 7) is 3.01. The van der Waals surface area contributed by atoms with E-state index in [-0.39, 0.29) is 30.3 Å². The average molecular weight is 474 g/mol. The molecule has 4 rings (SSSR count). The molecule has 0 bridgehead atoms. The van der Waals surface area contributed by atoms with Gasteiger partial charge in [0.2, 0.25) is 0 Å². The predicted octanol–water partition coefficient (Wildman–Crippen LogP) is 4.90. The minimum atomic E-state index is -1.20. The van der Waals surface area contributed by atoms with E-state index in [9.17, 15) is 18.8 Å². The standard InChI is InChI=1S/C27H23FN2O5/c1-2-13-30(15-25(31)32)26(33)17-11-12-24(23(28)14-17)29-27(34)35-16-22-20-9-5-3-7-18(20)19-8-4-6-10-21(19)22/h2-12,14,22H,1,13,15-16H2,(H,29,34)(H,31,32). The Labute approximate surface area is 201 Å². The first kappa shape index (κ1) is 23.7. The molecule has 0 spiro atoms. The van der Waals surface area contributed by atoms with E-state index < -0.39 is 30.3 Å². The molecule has 0 unspecified atom stereocenters. The van der Waals surface area contributed by atoms with Crippen LogP contribution in [-0.2, 0) is 9.53 Å². The lowest BCUT2D eigenvalue weighted by atomic mass is 9.98. The summed E-state index contributed by atoms with van der Waals surface area (Å²) in [5.41, 5.74) is 4.09. The highest BCUT2D eigenvalue weighted by atomic mass is 19.1. The van der Waals surface area contributed by atoms with Gasteiger partial charge in [0.15, 0.2) is 0 Å². The number of anilines is 1. The number of nitrogens with one attached hydrogen (secondary N) is 1. The van der Waals surface area contributed by atoms with Gasteiger partial charge in [0, 0.05) is 18.0 Å². The van der Waals surface area contributed by atoms with Gasteiger partial charge in [-0.15, -0.1) is 6.58 Å². The lowest BCUT2D eigenvalue weighted by Gasteiger charge is -2.19. The molecule has 0 saturated carbocycles. The topological polar surface area (TPSA) is 95.9 Å². The lowest BCUT2D eigenvalue weighted by molar-refractivity contribution is -0.137. The molecule has 0 heterocycles. The van der Waals surface area contributed by atoms with Gasteiger partial charge in [-0.05, 0) is 40.5 Å². The van der Waals surface area contributed by atoms with Crippen molar-refractivity contribution in [1.82, 2.24) is 4.90 Å². The number of carboxylic acid groups (broad SMARTS) is 1. The van der Waals surface area contributed by atoms with Gasteiger partial charge >= 0.3 is 12.1 Å². The second kappa shape index (κ2) is 10.2. The molecule has 0 fully saturated rings. The molecule has 0 saturated heterocycles. The highest BCUT2D eigenvalue weighted by Gasteiger charge is 2.29. The van der Waals surface area contributed by atoms with Crippen molar-refractivity contribution in [2.45, 2.75) is 5.92 Å². The number of hydrogen-bond donors (Lipinski definition) is 2. The Morgan fingerprint density at radius 3 is 2.23 bits per heavy atom. The molecule has 1 aliphatic rings. The van der Waals surface area contributed by atoms with Crippen LogP contribution in [-0.4, -0.2) is 47.7 Å². The van der Waals surface area contributed by atoms with Crippen molar-refractivity contribution in [3.05, 3.63) is 102 Å². The number of carboxylic acids is 1. The highest BCUT2D eigenvalue weighted by Crippen LogP contribution is 2.44. The number of aliphatic carboxylic acids is 1. The first-order valence-corrected chi connectivity index (χ1v) is 10.9. The zero-order chi connectivity index (χ0) is 24.9. The van der Waals surface area contributed by atoms with E-state index in [1.807, 2.05) is 48.5 Å². The fraction of sp³-hybridized carbons (Fsp3) is 0.148. The molecule has 7 nitrogen and oxygen atoms in total. The Balaban J connectivity index is 1.42. The van der Waals surface area contributed by atoms with Crippen LogP contribution < -0.4 is 5.32 Å². The number of carbonyl (C=O) groups is 3. The van der Waals surface area contributed by atoms with Gasteiger partial charge in [-0.3, -0.25) is 14.9 Å². The summed E-state index contributed by atoms with van der Waals surface area (Å²) in [6.07, 6.45) is 0.550. The second-order valence-corrected chi connectivity index (χ2v) is 8.01. The molecule has 0 aliphatic heterocycles. The Morgan fingerprint density at radius 2 is 1.66 bits per heavy atom.